The highest BCUT2D eigenvalue weighted by molar-refractivity contribution is 8.13. The van der Waals surface area contributed by atoms with Gasteiger partial charge in [-0.2, -0.15) is 0 Å². The lowest BCUT2D eigenvalue weighted by Crippen LogP contribution is -2.34. The van der Waals surface area contributed by atoms with Crippen LogP contribution in [0.4, 0.5) is 0 Å². The molecule has 5 heteroatoms. The van der Waals surface area contributed by atoms with E-state index >= 15 is 0 Å². The van der Waals surface area contributed by atoms with E-state index in [4.69, 9.17) is 5.11 Å². The number of carboxylic acids is 1. The Morgan fingerprint density at radius 2 is 2.36 bits per heavy atom. The van der Waals surface area contributed by atoms with Gasteiger partial charge in [0, 0.05) is 16.6 Å². The first-order valence-corrected chi connectivity index (χ1v) is 7.20. The summed E-state index contributed by atoms with van der Waals surface area (Å²) in [4.78, 5) is 10.8. The third kappa shape index (κ3) is 1.72. The van der Waals surface area contributed by atoms with Crippen molar-refractivity contribution in [1.82, 2.24) is 0 Å². The number of hydrogen-bond donors (Lipinski definition) is 1. The van der Waals surface area contributed by atoms with Gasteiger partial charge in [-0.25, -0.2) is 0 Å². The normalized spacial score (nSPS) is 42.9. The predicted octanol–water partition coefficient (Wildman–Crippen LogP) is 1.45. The van der Waals surface area contributed by atoms with Gasteiger partial charge in [0.05, 0.1) is 10.00 Å². The van der Waals surface area contributed by atoms with Gasteiger partial charge in [0.2, 0.25) is 0 Å². The molecular weight excluding hydrogens is 220 g/mol. The number of hydrogen-bond acceptors (Lipinski definition) is 3. The molecular formula is C9H14O3S2. The van der Waals surface area contributed by atoms with E-state index in [-0.39, 0.29) is 10.00 Å². The molecule has 0 unspecified atom stereocenters. The fourth-order valence-corrected chi connectivity index (χ4v) is 6.18. The summed E-state index contributed by atoms with van der Waals surface area (Å²) in [6.07, 6.45) is 3.14. The van der Waals surface area contributed by atoms with E-state index in [2.05, 4.69) is 0 Å². The van der Waals surface area contributed by atoms with Gasteiger partial charge in [0.1, 0.15) is 0 Å². The van der Waals surface area contributed by atoms with Gasteiger partial charge < -0.3 is 5.11 Å². The van der Waals surface area contributed by atoms with Crippen LogP contribution in [-0.4, -0.2) is 30.9 Å². The Bertz CT molecular complexity index is 279. The molecule has 80 valence electrons. The summed E-state index contributed by atoms with van der Waals surface area (Å²) in [5, 5.41) is 8.91. The van der Waals surface area contributed by atoms with Crippen LogP contribution < -0.4 is 0 Å². The van der Waals surface area contributed by atoms with Crippen LogP contribution in [0.5, 0.6) is 0 Å². The molecule has 0 aromatic carbocycles. The molecule has 1 spiro atoms. The largest absolute Gasteiger partial charge is 0.481 e. The first kappa shape index (κ1) is 10.5. The smallest absolute Gasteiger partial charge is 0.306 e. The van der Waals surface area contributed by atoms with Gasteiger partial charge in [-0.05, 0) is 31.4 Å². The van der Waals surface area contributed by atoms with Gasteiger partial charge in [0.25, 0.3) is 0 Å². The van der Waals surface area contributed by atoms with Crippen molar-refractivity contribution in [2.45, 2.75) is 29.8 Å². The lowest BCUT2D eigenvalue weighted by molar-refractivity contribution is -0.141. The van der Waals surface area contributed by atoms with Crippen LogP contribution in [0.2, 0.25) is 0 Å². The number of carbonyl (C=O) groups is 1. The van der Waals surface area contributed by atoms with E-state index in [0.717, 1.165) is 24.3 Å². The van der Waals surface area contributed by atoms with E-state index in [1.54, 1.807) is 11.8 Å². The summed E-state index contributed by atoms with van der Waals surface area (Å²) >= 11 is 1.74. The number of rotatable bonds is 1. The first-order valence-electron chi connectivity index (χ1n) is 4.89. The zero-order chi connectivity index (χ0) is 10.2. The van der Waals surface area contributed by atoms with Gasteiger partial charge in [-0.15, -0.1) is 11.8 Å². The highest BCUT2D eigenvalue weighted by atomic mass is 32.2. The fraction of sp³-hybridized carbons (Fsp3) is 0.889. The molecule has 3 atom stereocenters. The summed E-state index contributed by atoms with van der Waals surface area (Å²) in [6, 6.07) is 0. The second kappa shape index (κ2) is 3.85. The van der Waals surface area contributed by atoms with E-state index in [1.807, 2.05) is 0 Å². The minimum absolute atomic E-state index is 0.207. The number of thioether (sulfide) groups is 1. The molecule has 0 bridgehead atoms. The van der Waals surface area contributed by atoms with Crippen molar-refractivity contribution in [3.63, 3.8) is 0 Å². The van der Waals surface area contributed by atoms with Crippen LogP contribution in [0.15, 0.2) is 0 Å². The van der Waals surface area contributed by atoms with Crippen molar-refractivity contribution < 1.29 is 14.1 Å². The molecule has 1 saturated heterocycles. The first-order chi connectivity index (χ1) is 6.64. The maximum atomic E-state index is 11.9. The van der Waals surface area contributed by atoms with Gasteiger partial charge in [-0.1, -0.05) is 0 Å². The number of carboxylic acid groups (broad SMARTS) is 1. The van der Waals surface area contributed by atoms with Crippen LogP contribution in [-0.2, 0) is 15.6 Å². The summed E-state index contributed by atoms with van der Waals surface area (Å²) in [7, 11) is -0.812. The number of aliphatic carboxylic acids is 1. The van der Waals surface area contributed by atoms with Crippen LogP contribution in [0.3, 0.4) is 0 Å². The molecule has 0 aromatic rings. The molecule has 3 nitrogen and oxygen atoms in total. The molecule has 1 aliphatic carbocycles. The third-order valence-corrected chi connectivity index (χ3v) is 7.20. The standard InChI is InChI=1S/C9H14O3S2/c10-8(11)7-2-3-9(6-7)13-4-1-5-14(9)12/h7H,1-6H2,(H,10,11)/t7-,9-,14-/m1/s1. The van der Waals surface area contributed by atoms with E-state index in [0.29, 0.717) is 12.8 Å². The molecule has 2 aliphatic rings. The zero-order valence-corrected chi connectivity index (χ0v) is 9.53. The monoisotopic (exact) mass is 234 g/mol. The Kier molecular flexibility index (Phi) is 2.88. The molecule has 1 aliphatic heterocycles. The topological polar surface area (TPSA) is 54.4 Å². The molecule has 2 fully saturated rings. The van der Waals surface area contributed by atoms with Gasteiger partial charge >= 0.3 is 5.97 Å². The summed E-state index contributed by atoms with van der Waals surface area (Å²) < 4.78 is 11.7. The second-order valence-corrected chi connectivity index (χ2v) is 7.56. The van der Waals surface area contributed by atoms with Gasteiger partial charge in [0.15, 0.2) is 0 Å². The summed E-state index contributed by atoms with van der Waals surface area (Å²) in [5.74, 6) is 0.826. The maximum Gasteiger partial charge on any atom is 0.306 e. The fourth-order valence-electron chi connectivity index (χ4n) is 2.22. The molecule has 1 heterocycles. The van der Waals surface area contributed by atoms with Crippen molar-refractivity contribution in [1.29, 1.82) is 0 Å². The van der Waals surface area contributed by atoms with Gasteiger partial charge in [-0.3, -0.25) is 9.00 Å². The highest BCUT2D eigenvalue weighted by Crippen LogP contribution is 2.49. The Labute approximate surface area is 90.1 Å². The Hall–Kier alpha value is -0.0300. The SMILES string of the molecule is O=C(O)[C@@H]1CC[C@@]2(C1)SCCC[S@]2=O. The van der Waals surface area contributed by atoms with Crippen molar-refractivity contribution >= 4 is 28.5 Å². The van der Waals surface area contributed by atoms with Crippen LogP contribution >= 0.6 is 11.8 Å². The Morgan fingerprint density at radius 3 is 2.93 bits per heavy atom. The van der Waals surface area contributed by atoms with Crippen LogP contribution in [0.1, 0.15) is 25.7 Å². The van der Waals surface area contributed by atoms with Crippen molar-refractivity contribution in [3.05, 3.63) is 0 Å². The maximum absolute atomic E-state index is 11.9. The van der Waals surface area contributed by atoms with Crippen molar-refractivity contribution in [2.75, 3.05) is 11.5 Å². The third-order valence-electron chi connectivity index (χ3n) is 3.03. The molecule has 0 amide bonds. The molecule has 0 radical (unpaired) electrons. The van der Waals surface area contributed by atoms with Crippen LogP contribution in [0.25, 0.3) is 0 Å². The Morgan fingerprint density at radius 1 is 1.57 bits per heavy atom. The average Bonchev–Trinajstić information content (AvgIpc) is 2.56. The van der Waals surface area contributed by atoms with Crippen molar-refractivity contribution in [2.24, 2.45) is 5.92 Å². The minimum Gasteiger partial charge on any atom is -0.481 e. The summed E-state index contributed by atoms with van der Waals surface area (Å²) in [5.41, 5.74) is 0. The quantitative estimate of drug-likeness (QED) is 0.746. The lowest BCUT2D eigenvalue weighted by Gasteiger charge is -2.31. The van der Waals surface area contributed by atoms with E-state index < -0.39 is 16.8 Å². The van der Waals surface area contributed by atoms with E-state index in [9.17, 15) is 9.00 Å². The lowest BCUT2D eigenvalue weighted by atomic mass is 10.1. The van der Waals surface area contributed by atoms with Crippen molar-refractivity contribution in [3.8, 4) is 0 Å². The molecule has 0 aromatic heterocycles. The zero-order valence-electron chi connectivity index (χ0n) is 7.90. The summed E-state index contributed by atoms with van der Waals surface area (Å²) in [6.45, 7) is 0. The predicted molar refractivity (Wildman–Crippen MR) is 57.8 cm³/mol. The highest BCUT2D eigenvalue weighted by Gasteiger charge is 2.47. The Balaban J connectivity index is 2.10. The van der Waals surface area contributed by atoms with E-state index in [1.165, 1.54) is 0 Å². The average molecular weight is 234 g/mol. The molecule has 1 saturated carbocycles. The molecule has 14 heavy (non-hydrogen) atoms. The second-order valence-electron chi connectivity index (χ2n) is 3.94. The van der Waals surface area contributed by atoms with Crippen LogP contribution in [0, 0.1) is 5.92 Å². The molecule has 1 N–H and O–H groups in total. The molecule has 2 rings (SSSR count). The minimum atomic E-state index is -0.812.